The summed E-state index contributed by atoms with van der Waals surface area (Å²) in [6.07, 6.45) is 4.25. The molecule has 3 heteroatoms. The van der Waals surface area contributed by atoms with Gasteiger partial charge < -0.3 is 10.0 Å². The van der Waals surface area contributed by atoms with E-state index >= 15 is 0 Å². The Bertz CT molecular complexity index is 365. The minimum atomic E-state index is -0.453. The third-order valence-corrected chi connectivity index (χ3v) is 4.06. The van der Waals surface area contributed by atoms with Gasteiger partial charge in [-0.05, 0) is 37.9 Å². The van der Waals surface area contributed by atoms with E-state index in [9.17, 15) is 5.11 Å². The summed E-state index contributed by atoms with van der Waals surface area (Å²) in [7, 11) is 2.14. The van der Waals surface area contributed by atoms with E-state index in [1.165, 1.54) is 19.3 Å². The van der Waals surface area contributed by atoms with E-state index in [4.69, 9.17) is 11.6 Å². The van der Waals surface area contributed by atoms with Crippen molar-refractivity contribution in [3.05, 3.63) is 34.9 Å². The molecule has 1 N–H and O–H groups in total. The van der Waals surface area contributed by atoms with Crippen LogP contribution in [0.25, 0.3) is 0 Å². The summed E-state index contributed by atoms with van der Waals surface area (Å²) in [6.45, 7) is 0.928. The van der Waals surface area contributed by atoms with Gasteiger partial charge in [0.2, 0.25) is 0 Å². The van der Waals surface area contributed by atoms with Crippen LogP contribution in [0.3, 0.4) is 0 Å². The Kier molecular flexibility index (Phi) is 4.43. The molecule has 0 saturated heterocycles. The average molecular weight is 254 g/mol. The molecule has 1 aliphatic carbocycles. The van der Waals surface area contributed by atoms with Gasteiger partial charge in [-0.1, -0.05) is 36.2 Å². The SMILES string of the molecule is CN(CCC(O)c1ccccc1Cl)C1CCC1. The van der Waals surface area contributed by atoms with Crippen molar-refractivity contribution in [2.45, 2.75) is 37.8 Å². The lowest BCUT2D eigenvalue weighted by Crippen LogP contribution is -2.38. The lowest BCUT2D eigenvalue weighted by Gasteiger charge is -2.35. The van der Waals surface area contributed by atoms with Crippen LogP contribution in [-0.2, 0) is 0 Å². The summed E-state index contributed by atoms with van der Waals surface area (Å²) in [4.78, 5) is 2.35. The standard InChI is InChI=1S/C14H20ClNO/c1-16(11-5-4-6-11)10-9-14(17)12-7-2-3-8-13(12)15/h2-3,7-8,11,14,17H,4-6,9-10H2,1H3. The van der Waals surface area contributed by atoms with Gasteiger partial charge in [0.25, 0.3) is 0 Å². The predicted octanol–water partition coefficient (Wildman–Crippen LogP) is 3.25. The van der Waals surface area contributed by atoms with Gasteiger partial charge in [0.05, 0.1) is 6.10 Å². The molecular formula is C14H20ClNO. The molecule has 2 nitrogen and oxygen atoms in total. The summed E-state index contributed by atoms with van der Waals surface area (Å²) in [6, 6.07) is 8.26. The number of rotatable bonds is 5. The zero-order chi connectivity index (χ0) is 12.3. The summed E-state index contributed by atoms with van der Waals surface area (Å²) < 4.78 is 0. The molecule has 0 aliphatic heterocycles. The van der Waals surface area contributed by atoms with E-state index < -0.39 is 6.10 Å². The Labute approximate surface area is 108 Å². The number of aliphatic hydroxyl groups excluding tert-OH is 1. The normalized spacial score (nSPS) is 18.1. The zero-order valence-corrected chi connectivity index (χ0v) is 11.0. The number of nitrogens with zero attached hydrogens (tertiary/aromatic N) is 1. The first-order chi connectivity index (χ1) is 8.18. The first-order valence-electron chi connectivity index (χ1n) is 6.31. The zero-order valence-electron chi connectivity index (χ0n) is 10.3. The molecule has 1 saturated carbocycles. The maximum atomic E-state index is 10.1. The van der Waals surface area contributed by atoms with Crippen molar-refractivity contribution in [3.8, 4) is 0 Å². The van der Waals surface area contributed by atoms with Crippen LogP contribution in [0.4, 0.5) is 0 Å². The van der Waals surface area contributed by atoms with Crippen molar-refractivity contribution in [2.75, 3.05) is 13.6 Å². The Hall–Kier alpha value is -0.570. The van der Waals surface area contributed by atoms with Crippen LogP contribution in [0, 0.1) is 0 Å². The van der Waals surface area contributed by atoms with Gasteiger partial charge in [0.15, 0.2) is 0 Å². The predicted molar refractivity (Wildman–Crippen MR) is 71.3 cm³/mol. The number of halogens is 1. The highest BCUT2D eigenvalue weighted by Gasteiger charge is 2.22. The Morgan fingerprint density at radius 1 is 1.41 bits per heavy atom. The molecular weight excluding hydrogens is 234 g/mol. The third-order valence-electron chi connectivity index (χ3n) is 3.72. The molecule has 1 fully saturated rings. The summed E-state index contributed by atoms with van der Waals surface area (Å²) >= 11 is 6.06. The second-order valence-electron chi connectivity index (χ2n) is 4.89. The first kappa shape index (κ1) is 12.9. The van der Waals surface area contributed by atoms with E-state index in [1.54, 1.807) is 0 Å². The van der Waals surface area contributed by atoms with Crippen molar-refractivity contribution in [1.29, 1.82) is 0 Å². The maximum Gasteiger partial charge on any atom is 0.0816 e. The van der Waals surface area contributed by atoms with E-state index in [1.807, 2.05) is 24.3 Å². The molecule has 17 heavy (non-hydrogen) atoms. The van der Waals surface area contributed by atoms with Gasteiger partial charge in [0.1, 0.15) is 0 Å². The van der Waals surface area contributed by atoms with Crippen molar-refractivity contribution >= 4 is 11.6 Å². The first-order valence-corrected chi connectivity index (χ1v) is 6.69. The number of hydrogen-bond acceptors (Lipinski definition) is 2. The molecule has 1 aromatic rings. The molecule has 0 heterocycles. The van der Waals surface area contributed by atoms with Gasteiger partial charge in [-0.15, -0.1) is 0 Å². The van der Waals surface area contributed by atoms with Crippen LogP contribution in [0.5, 0.6) is 0 Å². The minimum absolute atomic E-state index is 0.453. The third kappa shape index (κ3) is 3.21. The Balaban J connectivity index is 1.84. The van der Waals surface area contributed by atoms with Crippen molar-refractivity contribution < 1.29 is 5.11 Å². The second-order valence-corrected chi connectivity index (χ2v) is 5.30. The molecule has 0 aromatic heterocycles. The molecule has 1 atom stereocenters. The molecule has 2 rings (SSSR count). The lowest BCUT2D eigenvalue weighted by atomic mass is 9.91. The Morgan fingerprint density at radius 2 is 2.12 bits per heavy atom. The van der Waals surface area contributed by atoms with Crippen LogP contribution in [0.2, 0.25) is 5.02 Å². The molecule has 0 spiro atoms. The quantitative estimate of drug-likeness (QED) is 0.871. The van der Waals surface area contributed by atoms with Crippen LogP contribution in [-0.4, -0.2) is 29.6 Å². The fraction of sp³-hybridized carbons (Fsp3) is 0.571. The van der Waals surface area contributed by atoms with Gasteiger partial charge >= 0.3 is 0 Å². The van der Waals surface area contributed by atoms with Crippen molar-refractivity contribution in [1.82, 2.24) is 4.90 Å². The molecule has 0 radical (unpaired) electrons. The minimum Gasteiger partial charge on any atom is -0.388 e. The molecule has 94 valence electrons. The van der Waals surface area contributed by atoms with Crippen LogP contribution < -0.4 is 0 Å². The number of aliphatic hydroxyl groups is 1. The van der Waals surface area contributed by atoms with Gasteiger partial charge in [-0.2, -0.15) is 0 Å². The average Bonchev–Trinajstić information content (AvgIpc) is 2.24. The summed E-state index contributed by atoms with van der Waals surface area (Å²) in [5, 5.41) is 10.8. The number of hydrogen-bond donors (Lipinski definition) is 1. The summed E-state index contributed by atoms with van der Waals surface area (Å²) in [5.74, 6) is 0. The molecule has 0 bridgehead atoms. The summed E-state index contributed by atoms with van der Waals surface area (Å²) in [5.41, 5.74) is 0.844. The van der Waals surface area contributed by atoms with E-state index in [0.717, 1.165) is 24.6 Å². The van der Waals surface area contributed by atoms with Gasteiger partial charge in [-0.3, -0.25) is 0 Å². The van der Waals surface area contributed by atoms with Crippen LogP contribution in [0.1, 0.15) is 37.4 Å². The fourth-order valence-corrected chi connectivity index (χ4v) is 2.50. The molecule has 1 aromatic carbocycles. The largest absolute Gasteiger partial charge is 0.388 e. The lowest BCUT2D eigenvalue weighted by molar-refractivity contribution is 0.112. The van der Waals surface area contributed by atoms with E-state index in [2.05, 4.69) is 11.9 Å². The molecule has 0 amide bonds. The number of benzene rings is 1. The highest BCUT2D eigenvalue weighted by Crippen LogP contribution is 2.27. The van der Waals surface area contributed by atoms with Crippen LogP contribution >= 0.6 is 11.6 Å². The highest BCUT2D eigenvalue weighted by atomic mass is 35.5. The van der Waals surface area contributed by atoms with E-state index in [0.29, 0.717) is 5.02 Å². The Morgan fingerprint density at radius 3 is 2.71 bits per heavy atom. The maximum absolute atomic E-state index is 10.1. The topological polar surface area (TPSA) is 23.5 Å². The smallest absolute Gasteiger partial charge is 0.0816 e. The van der Waals surface area contributed by atoms with Gasteiger partial charge in [0, 0.05) is 17.6 Å². The molecule has 1 aliphatic rings. The van der Waals surface area contributed by atoms with Gasteiger partial charge in [-0.25, -0.2) is 0 Å². The fourth-order valence-electron chi connectivity index (χ4n) is 2.24. The van der Waals surface area contributed by atoms with Crippen molar-refractivity contribution in [2.24, 2.45) is 0 Å². The monoisotopic (exact) mass is 253 g/mol. The van der Waals surface area contributed by atoms with E-state index in [-0.39, 0.29) is 0 Å². The highest BCUT2D eigenvalue weighted by molar-refractivity contribution is 6.31. The molecule has 1 unspecified atom stereocenters. The van der Waals surface area contributed by atoms with Crippen molar-refractivity contribution in [3.63, 3.8) is 0 Å². The van der Waals surface area contributed by atoms with Crippen LogP contribution in [0.15, 0.2) is 24.3 Å². The second kappa shape index (κ2) is 5.85.